The van der Waals surface area contributed by atoms with Gasteiger partial charge in [-0.3, -0.25) is 4.79 Å². The van der Waals surface area contributed by atoms with E-state index in [0.717, 1.165) is 11.1 Å². The van der Waals surface area contributed by atoms with E-state index in [9.17, 15) is 4.79 Å². The molecule has 0 heterocycles. The van der Waals surface area contributed by atoms with Crippen molar-refractivity contribution < 1.29 is 19.0 Å². The van der Waals surface area contributed by atoms with Gasteiger partial charge in [0, 0.05) is 19.2 Å². The van der Waals surface area contributed by atoms with E-state index < -0.39 is 0 Å². The first-order valence-electron chi connectivity index (χ1n) is 7.83. The maximum Gasteiger partial charge on any atom is 0.251 e. The van der Waals surface area contributed by atoms with Gasteiger partial charge in [-0.2, -0.15) is 0 Å². The fourth-order valence-electron chi connectivity index (χ4n) is 2.37. The first-order valence-corrected chi connectivity index (χ1v) is 7.83. The molecule has 0 bridgehead atoms. The van der Waals surface area contributed by atoms with E-state index in [-0.39, 0.29) is 5.91 Å². The van der Waals surface area contributed by atoms with E-state index >= 15 is 0 Å². The second kappa shape index (κ2) is 8.93. The Morgan fingerprint density at radius 2 is 1.83 bits per heavy atom. The van der Waals surface area contributed by atoms with Crippen LogP contribution in [0.3, 0.4) is 0 Å². The maximum absolute atomic E-state index is 12.4. The van der Waals surface area contributed by atoms with E-state index in [0.29, 0.717) is 36.8 Å². The molecule has 0 aromatic heterocycles. The predicted octanol–water partition coefficient (Wildman–Crippen LogP) is 3.17. The lowest BCUT2D eigenvalue weighted by molar-refractivity contribution is 0.0950. The van der Waals surface area contributed by atoms with Gasteiger partial charge in [0.15, 0.2) is 11.5 Å². The van der Waals surface area contributed by atoms with Gasteiger partial charge in [-0.25, -0.2) is 0 Å². The molecule has 2 aromatic rings. The standard InChI is InChI=1S/C19H23NO4/c1-4-24-18-11-16(8-9-17(18)23-3)19(21)20-12-14-6-5-7-15(10-14)13-22-2/h5-11H,4,12-13H2,1-3H3,(H,20,21). The summed E-state index contributed by atoms with van der Waals surface area (Å²) < 4.78 is 15.9. The first-order chi connectivity index (χ1) is 11.7. The van der Waals surface area contributed by atoms with Crippen molar-refractivity contribution in [3.63, 3.8) is 0 Å². The summed E-state index contributed by atoms with van der Waals surface area (Å²) in [5.41, 5.74) is 2.64. The molecule has 0 aliphatic heterocycles. The topological polar surface area (TPSA) is 56.8 Å². The molecule has 1 N–H and O–H groups in total. The van der Waals surface area contributed by atoms with Crippen molar-refractivity contribution in [2.45, 2.75) is 20.1 Å². The van der Waals surface area contributed by atoms with Crippen LogP contribution in [0.1, 0.15) is 28.4 Å². The quantitative estimate of drug-likeness (QED) is 0.808. The molecule has 0 aliphatic rings. The van der Waals surface area contributed by atoms with Gasteiger partial charge in [-0.1, -0.05) is 24.3 Å². The maximum atomic E-state index is 12.4. The zero-order valence-corrected chi connectivity index (χ0v) is 14.3. The fraction of sp³-hybridized carbons (Fsp3) is 0.316. The van der Waals surface area contributed by atoms with Gasteiger partial charge in [0.2, 0.25) is 0 Å². The highest BCUT2D eigenvalue weighted by molar-refractivity contribution is 5.94. The van der Waals surface area contributed by atoms with Crippen LogP contribution in [-0.4, -0.2) is 26.7 Å². The molecule has 0 spiro atoms. The Kier molecular flexibility index (Phi) is 6.63. The minimum absolute atomic E-state index is 0.157. The SMILES string of the molecule is CCOc1cc(C(=O)NCc2cccc(COC)c2)ccc1OC. The van der Waals surface area contributed by atoms with Crippen LogP contribution < -0.4 is 14.8 Å². The van der Waals surface area contributed by atoms with Crippen molar-refractivity contribution in [1.82, 2.24) is 5.32 Å². The smallest absolute Gasteiger partial charge is 0.251 e. The van der Waals surface area contributed by atoms with Crippen molar-refractivity contribution in [2.24, 2.45) is 0 Å². The van der Waals surface area contributed by atoms with Crippen molar-refractivity contribution in [2.75, 3.05) is 20.8 Å². The minimum Gasteiger partial charge on any atom is -0.493 e. The van der Waals surface area contributed by atoms with Gasteiger partial charge in [0.25, 0.3) is 5.91 Å². The molecular weight excluding hydrogens is 306 g/mol. The summed E-state index contributed by atoms with van der Waals surface area (Å²) in [5, 5.41) is 2.92. The summed E-state index contributed by atoms with van der Waals surface area (Å²) in [4.78, 5) is 12.4. The number of nitrogens with one attached hydrogen (secondary N) is 1. The Labute approximate surface area is 142 Å². The third-order valence-corrected chi connectivity index (χ3v) is 3.48. The second-order valence-corrected chi connectivity index (χ2v) is 5.23. The fourth-order valence-corrected chi connectivity index (χ4v) is 2.37. The van der Waals surface area contributed by atoms with Crippen molar-refractivity contribution in [1.29, 1.82) is 0 Å². The van der Waals surface area contributed by atoms with Gasteiger partial charge in [0.05, 0.1) is 20.3 Å². The highest BCUT2D eigenvalue weighted by atomic mass is 16.5. The van der Waals surface area contributed by atoms with Crippen LogP contribution in [0.25, 0.3) is 0 Å². The average Bonchev–Trinajstić information content (AvgIpc) is 2.60. The van der Waals surface area contributed by atoms with Crippen LogP contribution in [0.15, 0.2) is 42.5 Å². The number of hydrogen-bond acceptors (Lipinski definition) is 4. The Hall–Kier alpha value is -2.53. The highest BCUT2D eigenvalue weighted by Crippen LogP contribution is 2.28. The van der Waals surface area contributed by atoms with E-state index in [2.05, 4.69) is 5.32 Å². The summed E-state index contributed by atoms with van der Waals surface area (Å²) >= 11 is 0. The van der Waals surface area contributed by atoms with Crippen LogP contribution in [0.4, 0.5) is 0 Å². The summed E-state index contributed by atoms with van der Waals surface area (Å²) in [6.07, 6.45) is 0. The molecule has 2 aromatic carbocycles. The van der Waals surface area contributed by atoms with E-state index in [1.807, 2.05) is 31.2 Å². The van der Waals surface area contributed by atoms with E-state index in [1.165, 1.54) is 0 Å². The molecule has 128 valence electrons. The number of ether oxygens (including phenoxy) is 3. The number of amides is 1. The molecule has 5 heteroatoms. The third kappa shape index (κ3) is 4.73. The summed E-state index contributed by atoms with van der Waals surface area (Å²) in [6.45, 7) is 3.40. The Morgan fingerprint density at radius 3 is 2.54 bits per heavy atom. The zero-order valence-electron chi connectivity index (χ0n) is 14.3. The molecular formula is C19H23NO4. The first kappa shape index (κ1) is 17.8. The molecule has 0 saturated carbocycles. The molecule has 0 aliphatic carbocycles. The third-order valence-electron chi connectivity index (χ3n) is 3.48. The summed E-state index contributed by atoms with van der Waals surface area (Å²) in [7, 11) is 3.23. The van der Waals surface area contributed by atoms with Gasteiger partial charge in [0.1, 0.15) is 0 Å². The van der Waals surface area contributed by atoms with Gasteiger partial charge in [-0.05, 0) is 36.2 Å². The monoisotopic (exact) mass is 329 g/mol. The molecule has 0 unspecified atom stereocenters. The minimum atomic E-state index is -0.157. The zero-order chi connectivity index (χ0) is 17.4. The van der Waals surface area contributed by atoms with E-state index in [1.54, 1.807) is 32.4 Å². The molecule has 0 radical (unpaired) electrons. The normalized spacial score (nSPS) is 10.3. The van der Waals surface area contributed by atoms with Crippen LogP contribution >= 0.6 is 0 Å². The van der Waals surface area contributed by atoms with Crippen LogP contribution in [0.5, 0.6) is 11.5 Å². The Bertz CT molecular complexity index is 685. The molecule has 0 fully saturated rings. The van der Waals surface area contributed by atoms with Crippen LogP contribution in [-0.2, 0) is 17.9 Å². The van der Waals surface area contributed by atoms with Crippen LogP contribution in [0, 0.1) is 0 Å². The van der Waals surface area contributed by atoms with Crippen molar-refractivity contribution in [3.05, 3.63) is 59.2 Å². The lowest BCUT2D eigenvalue weighted by Gasteiger charge is -2.11. The van der Waals surface area contributed by atoms with E-state index in [4.69, 9.17) is 14.2 Å². The van der Waals surface area contributed by atoms with Gasteiger partial charge < -0.3 is 19.5 Å². The molecule has 2 rings (SSSR count). The number of rotatable bonds is 8. The molecule has 5 nitrogen and oxygen atoms in total. The number of carbonyl (C=O) groups excluding carboxylic acids is 1. The van der Waals surface area contributed by atoms with Crippen LogP contribution in [0.2, 0.25) is 0 Å². The molecule has 24 heavy (non-hydrogen) atoms. The lowest BCUT2D eigenvalue weighted by atomic mass is 10.1. The predicted molar refractivity (Wildman–Crippen MR) is 92.5 cm³/mol. The number of carbonyl (C=O) groups is 1. The highest BCUT2D eigenvalue weighted by Gasteiger charge is 2.11. The Balaban J connectivity index is 2.04. The van der Waals surface area contributed by atoms with Gasteiger partial charge in [-0.15, -0.1) is 0 Å². The summed E-state index contributed by atoms with van der Waals surface area (Å²) in [6, 6.07) is 13.1. The second-order valence-electron chi connectivity index (χ2n) is 5.23. The molecule has 1 amide bonds. The Morgan fingerprint density at radius 1 is 1.04 bits per heavy atom. The molecule has 0 saturated heterocycles. The number of hydrogen-bond donors (Lipinski definition) is 1. The number of methoxy groups -OCH3 is 2. The van der Waals surface area contributed by atoms with Crippen molar-refractivity contribution >= 4 is 5.91 Å². The van der Waals surface area contributed by atoms with Crippen molar-refractivity contribution in [3.8, 4) is 11.5 Å². The lowest BCUT2D eigenvalue weighted by Crippen LogP contribution is -2.22. The average molecular weight is 329 g/mol. The van der Waals surface area contributed by atoms with Gasteiger partial charge >= 0.3 is 0 Å². The largest absolute Gasteiger partial charge is 0.493 e. The molecule has 0 atom stereocenters. The summed E-state index contributed by atoms with van der Waals surface area (Å²) in [5.74, 6) is 1.02. The number of benzene rings is 2.